The minimum Gasteiger partial charge on any atom is -0.456 e. The van der Waals surface area contributed by atoms with Crippen molar-refractivity contribution in [2.24, 2.45) is 0 Å². The van der Waals surface area contributed by atoms with E-state index in [0.717, 1.165) is 44.6 Å². The van der Waals surface area contributed by atoms with E-state index in [1.807, 2.05) is 34.8 Å². The van der Waals surface area contributed by atoms with Crippen molar-refractivity contribution in [1.82, 2.24) is 0 Å². The molecule has 0 spiro atoms. The van der Waals surface area contributed by atoms with Crippen molar-refractivity contribution >= 4 is 124 Å². The van der Waals surface area contributed by atoms with Crippen LogP contribution in [0.15, 0.2) is 180 Å². The summed E-state index contributed by atoms with van der Waals surface area (Å²) in [4.78, 5) is 2.45. The maximum atomic E-state index is 6.35. The summed E-state index contributed by atoms with van der Waals surface area (Å²) in [5.41, 5.74) is 7.64. The highest BCUT2D eigenvalue weighted by Gasteiger charge is 2.20. The molecule has 3 aromatic heterocycles. The fourth-order valence-electron chi connectivity index (χ4n) is 8.55. The van der Waals surface area contributed by atoms with E-state index < -0.39 is 0 Å². The van der Waals surface area contributed by atoms with E-state index in [1.54, 1.807) is 0 Å². The molecular formula is C50H29NOS2. The zero-order chi connectivity index (χ0) is 35.3. The van der Waals surface area contributed by atoms with Crippen LogP contribution in [0.2, 0.25) is 0 Å². The number of rotatable bonds is 4. The molecule has 9 aromatic carbocycles. The fourth-order valence-corrected chi connectivity index (χ4v) is 10.9. The lowest BCUT2D eigenvalue weighted by atomic mass is 9.98. The van der Waals surface area contributed by atoms with E-state index in [1.165, 1.54) is 67.5 Å². The van der Waals surface area contributed by atoms with Gasteiger partial charge in [0.15, 0.2) is 0 Å². The first-order valence-corrected chi connectivity index (χ1v) is 19.9. The molecule has 0 amide bonds. The molecule has 0 aliphatic heterocycles. The van der Waals surface area contributed by atoms with Gasteiger partial charge in [-0.1, -0.05) is 115 Å². The van der Waals surface area contributed by atoms with Crippen LogP contribution in [0.5, 0.6) is 0 Å². The Morgan fingerprint density at radius 1 is 0.389 bits per heavy atom. The summed E-state index contributed by atoms with van der Waals surface area (Å²) in [6, 6.07) is 64.3. The van der Waals surface area contributed by atoms with Gasteiger partial charge < -0.3 is 9.32 Å². The number of fused-ring (bicyclic) bond motifs is 12. The Bertz CT molecular complexity index is 3470. The van der Waals surface area contributed by atoms with Crippen LogP contribution in [0, 0.1) is 0 Å². The van der Waals surface area contributed by atoms with Gasteiger partial charge >= 0.3 is 0 Å². The van der Waals surface area contributed by atoms with Gasteiger partial charge in [0.2, 0.25) is 0 Å². The van der Waals surface area contributed by atoms with E-state index in [0.29, 0.717) is 0 Å². The third-order valence-corrected chi connectivity index (χ3v) is 13.4. The Morgan fingerprint density at radius 3 is 2.02 bits per heavy atom. The Kier molecular flexibility index (Phi) is 6.41. The molecule has 0 aliphatic carbocycles. The molecule has 4 heteroatoms. The monoisotopic (exact) mass is 723 g/mol. The summed E-state index contributed by atoms with van der Waals surface area (Å²) in [7, 11) is 0. The molecule has 0 aliphatic rings. The Balaban J connectivity index is 1.08. The molecule has 252 valence electrons. The zero-order valence-electron chi connectivity index (χ0n) is 28.9. The Hall–Kier alpha value is -6.46. The first-order valence-electron chi connectivity index (χ1n) is 18.2. The van der Waals surface area contributed by atoms with Crippen molar-refractivity contribution in [3.63, 3.8) is 0 Å². The van der Waals surface area contributed by atoms with E-state index in [4.69, 9.17) is 4.42 Å². The van der Waals surface area contributed by atoms with Gasteiger partial charge in [0.25, 0.3) is 0 Å². The third-order valence-electron chi connectivity index (χ3n) is 11.0. The van der Waals surface area contributed by atoms with Gasteiger partial charge in [0.05, 0.1) is 5.69 Å². The number of benzene rings is 9. The highest BCUT2D eigenvalue weighted by molar-refractivity contribution is 7.27. The Morgan fingerprint density at radius 2 is 1.09 bits per heavy atom. The number of furan rings is 1. The van der Waals surface area contributed by atoms with Gasteiger partial charge in [-0.3, -0.25) is 0 Å². The van der Waals surface area contributed by atoms with Gasteiger partial charge in [-0.15, -0.1) is 22.7 Å². The normalized spacial score (nSPS) is 12.1. The molecule has 3 heterocycles. The van der Waals surface area contributed by atoms with Crippen LogP contribution in [0.1, 0.15) is 0 Å². The summed E-state index contributed by atoms with van der Waals surface area (Å²) in [6.07, 6.45) is 0. The van der Waals surface area contributed by atoms with Crippen molar-refractivity contribution in [2.75, 3.05) is 4.90 Å². The lowest BCUT2D eigenvalue weighted by Gasteiger charge is -2.27. The van der Waals surface area contributed by atoms with Crippen LogP contribution in [0.25, 0.3) is 95.0 Å². The molecular weight excluding hydrogens is 695 g/mol. The molecule has 0 saturated heterocycles. The predicted octanol–water partition coefficient (Wildman–Crippen LogP) is 15.8. The lowest BCUT2D eigenvalue weighted by molar-refractivity contribution is 0.669. The van der Waals surface area contributed by atoms with E-state index in [-0.39, 0.29) is 0 Å². The lowest BCUT2D eigenvalue weighted by Crippen LogP contribution is -2.10. The second kappa shape index (κ2) is 11.5. The second-order valence-electron chi connectivity index (χ2n) is 14.0. The number of anilines is 3. The smallest absolute Gasteiger partial charge is 0.136 e. The molecule has 0 bridgehead atoms. The zero-order valence-corrected chi connectivity index (χ0v) is 30.5. The van der Waals surface area contributed by atoms with E-state index in [9.17, 15) is 0 Å². The van der Waals surface area contributed by atoms with Crippen LogP contribution < -0.4 is 4.90 Å². The standard InChI is InChI=1S/C50H29NOS2/c1-3-12-35-30(9-1)11-7-16-43(35)51(34-21-25-40-41-24-19-31-10-2-4-13-37(31)50(41)54-48(40)29-34)33-22-26-46-42(28-33)49-36(15-8-18-47(49)53-46)32-20-23-39-38-14-5-6-17-44(38)52-45(39)27-32/h1-29H. The number of thiophene rings is 2. The number of nitrogens with zero attached hydrogens (tertiary/aromatic N) is 1. The largest absolute Gasteiger partial charge is 0.456 e. The molecule has 0 radical (unpaired) electrons. The second-order valence-corrected chi connectivity index (χ2v) is 16.2. The average molecular weight is 724 g/mol. The predicted molar refractivity (Wildman–Crippen MR) is 235 cm³/mol. The van der Waals surface area contributed by atoms with E-state index >= 15 is 0 Å². The average Bonchev–Trinajstić information content (AvgIpc) is 3.92. The summed E-state index contributed by atoms with van der Waals surface area (Å²) < 4.78 is 11.5. The Labute approximate surface area is 318 Å². The van der Waals surface area contributed by atoms with Crippen molar-refractivity contribution in [2.45, 2.75) is 0 Å². The molecule has 0 atom stereocenters. The van der Waals surface area contributed by atoms with Crippen molar-refractivity contribution in [3.05, 3.63) is 176 Å². The van der Waals surface area contributed by atoms with Gasteiger partial charge in [-0.2, -0.15) is 0 Å². The van der Waals surface area contributed by atoms with Crippen LogP contribution >= 0.6 is 22.7 Å². The van der Waals surface area contributed by atoms with Crippen LogP contribution in [-0.2, 0) is 0 Å². The quantitative estimate of drug-likeness (QED) is 0.180. The molecule has 54 heavy (non-hydrogen) atoms. The first kappa shape index (κ1) is 30.0. The summed E-state index contributed by atoms with van der Waals surface area (Å²) in [6.45, 7) is 0. The third kappa shape index (κ3) is 4.45. The summed E-state index contributed by atoms with van der Waals surface area (Å²) >= 11 is 3.75. The van der Waals surface area contributed by atoms with E-state index in [2.05, 4.69) is 169 Å². The topological polar surface area (TPSA) is 16.4 Å². The molecule has 0 fully saturated rings. The molecule has 0 N–H and O–H groups in total. The van der Waals surface area contributed by atoms with Gasteiger partial charge in [-0.05, 0) is 87.9 Å². The van der Waals surface area contributed by atoms with Crippen LogP contribution in [0.4, 0.5) is 17.1 Å². The van der Waals surface area contributed by atoms with Crippen molar-refractivity contribution in [1.29, 1.82) is 0 Å². The van der Waals surface area contributed by atoms with Crippen molar-refractivity contribution < 1.29 is 4.42 Å². The van der Waals surface area contributed by atoms with Gasteiger partial charge in [-0.25, -0.2) is 0 Å². The number of para-hydroxylation sites is 1. The minimum absolute atomic E-state index is 0.915. The molecule has 2 nitrogen and oxygen atoms in total. The summed E-state index contributed by atoms with van der Waals surface area (Å²) in [5.74, 6) is 0. The maximum absolute atomic E-state index is 6.35. The molecule has 0 unspecified atom stereocenters. The fraction of sp³-hybridized carbons (Fsp3) is 0. The van der Waals surface area contributed by atoms with Crippen molar-refractivity contribution in [3.8, 4) is 11.1 Å². The van der Waals surface area contributed by atoms with Crippen LogP contribution in [0.3, 0.4) is 0 Å². The highest BCUT2D eigenvalue weighted by atomic mass is 32.1. The van der Waals surface area contributed by atoms with Crippen LogP contribution in [-0.4, -0.2) is 0 Å². The van der Waals surface area contributed by atoms with Gasteiger partial charge in [0, 0.05) is 67.9 Å². The highest BCUT2D eigenvalue weighted by Crippen LogP contribution is 2.47. The number of hydrogen-bond donors (Lipinski definition) is 0. The molecule has 0 saturated carbocycles. The SMILES string of the molecule is c1ccc2c(N(c3ccc4c(c3)sc3c5ccccc5ccc43)c3ccc4sc5cccc(-c6ccc7c(c6)oc6ccccc67)c5c4c3)cccc2c1. The van der Waals surface area contributed by atoms with Gasteiger partial charge in [0.1, 0.15) is 11.2 Å². The minimum atomic E-state index is 0.915. The summed E-state index contributed by atoms with van der Waals surface area (Å²) in [5, 5.41) is 12.5. The molecule has 12 rings (SSSR count). The number of hydrogen-bond acceptors (Lipinski definition) is 4. The maximum Gasteiger partial charge on any atom is 0.136 e. The first-order chi connectivity index (χ1) is 26.7. The molecule has 12 aromatic rings.